The first-order valence-electron chi connectivity index (χ1n) is 4.26. The van der Waals surface area contributed by atoms with Gasteiger partial charge in [0.05, 0.1) is 14.7 Å². The highest BCUT2D eigenvalue weighted by molar-refractivity contribution is 6.37. The third-order valence-electron chi connectivity index (χ3n) is 2.53. The van der Waals surface area contributed by atoms with E-state index in [9.17, 15) is 0 Å². The zero-order valence-corrected chi connectivity index (χ0v) is 8.27. The lowest BCUT2D eigenvalue weighted by molar-refractivity contribution is -0.0180. The smallest absolute Gasteiger partial charge is 0.0564 e. The third-order valence-corrected chi connectivity index (χ3v) is 4.73. The van der Waals surface area contributed by atoms with Crippen LogP contribution in [-0.4, -0.2) is 21.4 Å². The Morgan fingerprint density at radius 2 is 2.40 bits per heavy atom. The molecule has 1 saturated heterocycles. The summed E-state index contributed by atoms with van der Waals surface area (Å²) < 4.78 is 5.76. The molecule has 2 heteroatoms. The molecular weight excluding hydrogens is 140 g/mol. The zero-order valence-electron chi connectivity index (χ0n) is 6.86. The van der Waals surface area contributed by atoms with Crippen molar-refractivity contribution in [2.24, 2.45) is 0 Å². The molecule has 0 N–H and O–H groups in total. The van der Waals surface area contributed by atoms with Gasteiger partial charge in [-0.05, 0) is 25.7 Å². The quantitative estimate of drug-likeness (QED) is 0.549. The second-order valence-electron chi connectivity index (χ2n) is 3.09. The molecule has 10 heavy (non-hydrogen) atoms. The van der Waals surface area contributed by atoms with E-state index in [2.05, 4.69) is 13.5 Å². The SMILES string of the molecule is [CH2]CC1([SiH2]C)CCCCO1. The molecule has 1 fully saturated rings. The van der Waals surface area contributed by atoms with Gasteiger partial charge in [-0.2, -0.15) is 0 Å². The molecule has 1 aliphatic heterocycles. The van der Waals surface area contributed by atoms with Crippen molar-refractivity contribution >= 4 is 9.52 Å². The van der Waals surface area contributed by atoms with E-state index in [1.165, 1.54) is 19.3 Å². The van der Waals surface area contributed by atoms with Crippen LogP contribution < -0.4 is 0 Å². The highest BCUT2D eigenvalue weighted by Gasteiger charge is 2.28. The van der Waals surface area contributed by atoms with Crippen LogP contribution in [0, 0.1) is 6.92 Å². The number of rotatable bonds is 2. The molecule has 1 nitrogen and oxygen atoms in total. The normalized spacial score (nSPS) is 35.4. The van der Waals surface area contributed by atoms with Gasteiger partial charge in [-0.15, -0.1) is 0 Å². The zero-order chi connectivity index (χ0) is 7.45. The lowest BCUT2D eigenvalue weighted by atomic mass is 10.1. The Hall–Kier alpha value is 0.177. The minimum absolute atomic E-state index is 0.0234. The number of hydrogen-bond donors (Lipinski definition) is 0. The summed E-state index contributed by atoms with van der Waals surface area (Å²) in [6.45, 7) is 7.27. The van der Waals surface area contributed by atoms with E-state index in [1.54, 1.807) is 0 Å². The predicted octanol–water partition coefficient (Wildman–Crippen LogP) is 1.32. The van der Waals surface area contributed by atoms with E-state index >= 15 is 0 Å². The van der Waals surface area contributed by atoms with E-state index in [4.69, 9.17) is 4.74 Å². The predicted molar refractivity (Wildman–Crippen MR) is 46.9 cm³/mol. The second kappa shape index (κ2) is 3.53. The first kappa shape index (κ1) is 8.28. The maximum Gasteiger partial charge on any atom is 0.0564 e. The Kier molecular flexibility index (Phi) is 2.92. The van der Waals surface area contributed by atoms with Gasteiger partial charge in [-0.3, -0.25) is 0 Å². The molecule has 1 aliphatic rings. The maximum absolute atomic E-state index is 5.76. The number of hydrogen-bond acceptors (Lipinski definition) is 1. The molecule has 1 heterocycles. The van der Waals surface area contributed by atoms with Crippen molar-refractivity contribution in [3.05, 3.63) is 6.92 Å². The van der Waals surface area contributed by atoms with Crippen LogP contribution in [0.5, 0.6) is 0 Å². The van der Waals surface area contributed by atoms with E-state index in [0.717, 1.165) is 13.0 Å². The van der Waals surface area contributed by atoms with Crippen LogP contribution in [0.4, 0.5) is 0 Å². The first-order chi connectivity index (χ1) is 4.83. The van der Waals surface area contributed by atoms with Crippen LogP contribution in [0.1, 0.15) is 25.7 Å². The highest BCUT2D eigenvalue weighted by Crippen LogP contribution is 2.26. The molecule has 0 spiro atoms. The van der Waals surface area contributed by atoms with Crippen LogP contribution in [0.2, 0.25) is 6.55 Å². The lowest BCUT2D eigenvalue weighted by Gasteiger charge is -2.35. The molecular formula is C8H17OSi. The molecule has 0 saturated carbocycles. The summed E-state index contributed by atoms with van der Waals surface area (Å²) in [6, 6.07) is 0. The van der Waals surface area contributed by atoms with E-state index in [-0.39, 0.29) is 14.7 Å². The molecule has 0 aromatic carbocycles. The monoisotopic (exact) mass is 157 g/mol. The summed E-state index contributed by atoms with van der Waals surface area (Å²) in [5.41, 5.74) is 0. The van der Waals surface area contributed by atoms with Gasteiger partial charge in [0.1, 0.15) is 0 Å². The summed E-state index contributed by atoms with van der Waals surface area (Å²) in [5.74, 6) is 0. The summed E-state index contributed by atoms with van der Waals surface area (Å²) in [5, 5.41) is 0.290. The van der Waals surface area contributed by atoms with Crippen LogP contribution in [0.15, 0.2) is 0 Å². The average Bonchev–Trinajstić information content (AvgIpc) is 2.06. The molecule has 1 atom stereocenters. The minimum Gasteiger partial charge on any atom is -0.379 e. The van der Waals surface area contributed by atoms with Gasteiger partial charge < -0.3 is 4.74 Å². The van der Waals surface area contributed by atoms with Gasteiger partial charge >= 0.3 is 0 Å². The fraction of sp³-hybridized carbons (Fsp3) is 0.875. The van der Waals surface area contributed by atoms with Gasteiger partial charge in [0.15, 0.2) is 0 Å². The van der Waals surface area contributed by atoms with Gasteiger partial charge in [-0.25, -0.2) is 0 Å². The minimum atomic E-state index is -0.0234. The highest BCUT2D eigenvalue weighted by atomic mass is 28.2. The molecule has 0 aromatic heterocycles. The van der Waals surface area contributed by atoms with Gasteiger partial charge in [-0.1, -0.05) is 13.5 Å². The van der Waals surface area contributed by atoms with Crippen molar-refractivity contribution in [1.82, 2.24) is 0 Å². The second-order valence-corrected chi connectivity index (χ2v) is 5.09. The Bertz CT molecular complexity index is 91.4. The Morgan fingerprint density at radius 1 is 1.60 bits per heavy atom. The summed E-state index contributed by atoms with van der Waals surface area (Å²) >= 11 is 0. The third kappa shape index (κ3) is 1.61. The maximum atomic E-state index is 5.76. The van der Waals surface area contributed by atoms with Gasteiger partial charge in [0.2, 0.25) is 0 Å². The van der Waals surface area contributed by atoms with Crippen molar-refractivity contribution in [2.45, 2.75) is 37.5 Å². The topological polar surface area (TPSA) is 9.23 Å². The van der Waals surface area contributed by atoms with Crippen molar-refractivity contribution in [3.8, 4) is 0 Å². The van der Waals surface area contributed by atoms with Gasteiger partial charge in [0, 0.05) is 6.61 Å². The standard InChI is InChI=1S/C8H17OSi/c1-3-8(10-2)6-4-5-7-9-8/h1,3-7,10H2,2H3. The average molecular weight is 157 g/mol. The molecule has 0 amide bonds. The van der Waals surface area contributed by atoms with Crippen molar-refractivity contribution in [3.63, 3.8) is 0 Å². The fourth-order valence-electron chi connectivity index (χ4n) is 1.56. The van der Waals surface area contributed by atoms with Crippen LogP contribution in [0.25, 0.3) is 0 Å². The van der Waals surface area contributed by atoms with E-state index < -0.39 is 0 Å². The van der Waals surface area contributed by atoms with Crippen LogP contribution >= 0.6 is 0 Å². The molecule has 59 valence electrons. The Labute approximate surface area is 66.0 Å². The molecule has 1 radical (unpaired) electrons. The van der Waals surface area contributed by atoms with Crippen molar-refractivity contribution < 1.29 is 4.74 Å². The molecule has 1 rings (SSSR count). The Morgan fingerprint density at radius 3 is 2.70 bits per heavy atom. The van der Waals surface area contributed by atoms with Gasteiger partial charge in [0.25, 0.3) is 0 Å². The molecule has 0 bridgehead atoms. The first-order valence-corrected chi connectivity index (χ1v) is 6.38. The van der Waals surface area contributed by atoms with Crippen molar-refractivity contribution in [2.75, 3.05) is 6.61 Å². The summed E-state index contributed by atoms with van der Waals surface area (Å²) in [7, 11) is -0.0234. The van der Waals surface area contributed by atoms with E-state index in [0.29, 0.717) is 0 Å². The van der Waals surface area contributed by atoms with E-state index in [1.807, 2.05) is 0 Å². The summed E-state index contributed by atoms with van der Waals surface area (Å²) in [6.07, 6.45) is 4.89. The van der Waals surface area contributed by atoms with Crippen LogP contribution in [0.3, 0.4) is 0 Å². The largest absolute Gasteiger partial charge is 0.379 e. The van der Waals surface area contributed by atoms with Crippen LogP contribution in [-0.2, 0) is 4.74 Å². The Balaban J connectivity index is 2.44. The molecule has 0 aliphatic carbocycles. The molecule has 0 aromatic rings. The fourth-order valence-corrected chi connectivity index (χ4v) is 2.87. The molecule has 1 unspecified atom stereocenters. The summed E-state index contributed by atoms with van der Waals surface area (Å²) in [4.78, 5) is 0. The lowest BCUT2D eigenvalue weighted by Crippen LogP contribution is -2.40. The number of ether oxygens (including phenoxy) is 1. The van der Waals surface area contributed by atoms with Crippen molar-refractivity contribution in [1.29, 1.82) is 0 Å².